The second-order valence-electron chi connectivity index (χ2n) is 5.76. The van der Waals surface area contributed by atoms with Crippen LogP contribution >= 0.6 is 0 Å². The summed E-state index contributed by atoms with van der Waals surface area (Å²) in [6.07, 6.45) is 4.63. The topological polar surface area (TPSA) is 17.1 Å². The molecule has 0 aliphatic carbocycles. The van der Waals surface area contributed by atoms with Gasteiger partial charge in [-0.3, -0.25) is 4.79 Å². The molecule has 0 fully saturated rings. The molecule has 1 nitrogen and oxygen atoms in total. The van der Waals surface area contributed by atoms with E-state index < -0.39 is 0 Å². The molecule has 0 unspecified atom stereocenters. The van der Waals surface area contributed by atoms with Gasteiger partial charge in [-0.1, -0.05) is 41.8 Å². The molecular weight excluding hydrogens is 232 g/mol. The third kappa shape index (κ3) is 7.26. The predicted octanol–water partition coefficient (Wildman–Crippen LogP) is 4.41. The Hall–Kier alpha value is -1.81. The molecule has 1 aromatic rings. The molecule has 0 radical (unpaired) electrons. The third-order valence-corrected chi connectivity index (χ3v) is 2.50. The summed E-state index contributed by atoms with van der Waals surface area (Å²) in [6.45, 7) is 8.25. The molecule has 0 atom stereocenters. The van der Waals surface area contributed by atoms with Crippen LogP contribution in [0.15, 0.2) is 30.3 Å². The molecule has 0 aromatic heterocycles. The molecule has 0 bridgehead atoms. The Balaban J connectivity index is 2.43. The number of carbonyl (C=O) groups is 1. The standard InChI is InChI=1S/C18H22O/c1-15-8-10-16(11-9-15)12-13-17(19)7-5-6-14-18(2,3)4/h8-13H,5,7H2,1-4H3/b13-12+. The summed E-state index contributed by atoms with van der Waals surface area (Å²) in [7, 11) is 0. The number of hydrogen-bond donors (Lipinski definition) is 0. The largest absolute Gasteiger partial charge is 0.295 e. The summed E-state index contributed by atoms with van der Waals surface area (Å²) in [5, 5.41) is 0. The van der Waals surface area contributed by atoms with Gasteiger partial charge in [0.2, 0.25) is 0 Å². The highest BCUT2D eigenvalue weighted by Gasteiger charge is 2.03. The van der Waals surface area contributed by atoms with Crippen LogP contribution in [-0.2, 0) is 4.79 Å². The first kappa shape index (κ1) is 15.2. The zero-order valence-corrected chi connectivity index (χ0v) is 12.3. The zero-order valence-electron chi connectivity index (χ0n) is 12.3. The maximum Gasteiger partial charge on any atom is 0.156 e. The highest BCUT2D eigenvalue weighted by molar-refractivity contribution is 5.93. The van der Waals surface area contributed by atoms with Crippen LogP contribution in [0.1, 0.15) is 44.7 Å². The van der Waals surface area contributed by atoms with Crippen LogP contribution in [0, 0.1) is 24.2 Å². The SMILES string of the molecule is Cc1ccc(/C=C/C(=O)CCC#CC(C)(C)C)cc1. The van der Waals surface area contributed by atoms with Gasteiger partial charge in [0.1, 0.15) is 0 Å². The maximum absolute atomic E-state index is 11.7. The highest BCUT2D eigenvalue weighted by atomic mass is 16.1. The quantitative estimate of drug-likeness (QED) is 0.574. The van der Waals surface area contributed by atoms with Gasteiger partial charge >= 0.3 is 0 Å². The first-order chi connectivity index (χ1) is 8.87. The molecule has 1 heteroatoms. The molecule has 1 aromatic carbocycles. The van der Waals surface area contributed by atoms with E-state index in [1.165, 1.54) is 5.56 Å². The van der Waals surface area contributed by atoms with E-state index in [4.69, 9.17) is 0 Å². The van der Waals surface area contributed by atoms with Crippen molar-refractivity contribution in [2.24, 2.45) is 5.41 Å². The number of hydrogen-bond acceptors (Lipinski definition) is 1. The lowest BCUT2D eigenvalue weighted by Gasteiger charge is -2.06. The summed E-state index contributed by atoms with van der Waals surface area (Å²) in [6, 6.07) is 8.11. The summed E-state index contributed by atoms with van der Waals surface area (Å²) < 4.78 is 0. The number of carbonyl (C=O) groups excluding carboxylic acids is 1. The van der Waals surface area contributed by atoms with Crippen molar-refractivity contribution >= 4 is 11.9 Å². The van der Waals surface area contributed by atoms with Crippen LogP contribution in [0.4, 0.5) is 0 Å². The minimum absolute atomic E-state index is 0.0147. The van der Waals surface area contributed by atoms with Crippen molar-refractivity contribution in [2.75, 3.05) is 0 Å². The highest BCUT2D eigenvalue weighted by Crippen LogP contribution is 2.10. The molecule has 0 N–H and O–H groups in total. The molecule has 100 valence electrons. The van der Waals surface area contributed by atoms with Gasteiger partial charge in [-0.25, -0.2) is 0 Å². The number of aryl methyl sites for hydroxylation is 1. The van der Waals surface area contributed by atoms with Crippen molar-refractivity contribution in [3.63, 3.8) is 0 Å². The number of rotatable bonds is 4. The van der Waals surface area contributed by atoms with Crippen LogP contribution in [-0.4, -0.2) is 5.78 Å². The van der Waals surface area contributed by atoms with E-state index >= 15 is 0 Å². The predicted molar refractivity (Wildman–Crippen MR) is 81.7 cm³/mol. The van der Waals surface area contributed by atoms with Gasteiger partial charge < -0.3 is 0 Å². The normalized spacial score (nSPS) is 11.2. The van der Waals surface area contributed by atoms with E-state index in [9.17, 15) is 4.79 Å². The Labute approximate surface area is 116 Å². The summed E-state index contributed by atoms with van der Waals surface area (Å²) in [5.41, 5.74) is 2.29. The Morgan fingerprint density at radius 2 is 1.84 bits per heavy atom. The Morgan fingerprint density at radius 1 is 1.21 bits per heavy atom. The van der Waals surface area contributed by atoms with Crippen molar-refractivity contribution < 1.29 is 4.79 Å². The second-order valence-corrected chi connectivity index (χ2v) is 5.76. The van der Waals surface area contributed by atoms with Gasteiger partial charge in [-0.2, -0.15) is 0 Å². The first-order valence-electron chi connectivity index (χ1n) is 6.64. The second kappa shape index (κ2) is 6.95. The average molecular weight is 254 g/mol. The lowest BCUT2D eigenvalue weighted by atomic mass is 9.97. The summed E-state index contributed by atoms with van der Waals surface area (Å²) in [4.78, 5) is 11.7. The van der Waals surface area contributed by atoms with E-state index in [2.05, 4.69) is 32.6 Å². The molecule has 1 rings (SSSR count). The van der Waals surface area contributed by atoms with E-state index in [0.717, 1.165) is 5.56 Å². The molecule has 0 spiro atoms. The number of ketones is 1. The van der Waals surface area contributed by atoms with Gasteiger partial charge in [0.25, 0.3) is 0 Å². The fourth-order valence-electron chi connectivity index (χ4n) is 1.46. The smallest absolute Gasteiger partial charge is 0.156 e. The molecule has 19 heavy (non-hydrogen) atoms. The van der Waals surface area contributed by atoms with Crippen LogP contribution in [0.2, 0.25) is 0 Å². The van der Waals surface area contributed by atoms with Crippen LogP contribution < -0.4 is 0 Å². The average Bonchev–Trinajstić information content (AvgIpc) is 2.33. The lowest BCUT2D eigenvalue weighted by molar-refractivity contribution is -0.114. The molecule has 0 saturated carbocycles. The van der Waals surface area contributed by atoms with Crippen molar-refractivity contribution in [1.82, 2.24) is 0 Å². The number of benzene rings is 1. The van der Waals surface area contributed by atoms with E-state index in [1.54, 1.807) is 6.08 Å². The fourth-order valence-corrected chi connectivity index (χ4v) is 1.46. The molecule has 0 heterocycles. The molecule has 0 saturated heterocycles. The Kier molecular flexibility index (Phi) is 5.57. The van der Waals surface area contributed by atoms with Crippen molar-refractivity contribution in [3.8, 4) is 11.8 Å². The summed E-state index contributed by atoms with van der Waals surface area (Å²) >= 11 is 0. The van der Waals surface area contributed by atoms with Crippen LogP contribution in [0.5, 0.6) is 0 Å². The fraction of sp³-hybridized carbons (Fsp3) is 0.389. The molecular formula is C18H22O. The van der Waals surface area contributed by atoms with Gasteiger partial charge in [0.15, 0.2) is 5.78 Å². The minimum atomic E-state index is 0.0147. The van der Waals surface area contributed by atoms with Crippen molar-refractivity contribution in [1.29, 1.82) is 0 Å². The maximum atomic E-state index is 11.7. The van der Waals surface area contributed by atoms with Gasteiger partial charge in [-0.05, 0) is 39.3 Å². The number of allylic oxidation sites excluding steroid dienone is 1. The molecule has 0 aliphatic heterocycles. The zero-order chi connectivity index (χ0) is 14.3. The van der Waals surface area contributed by atoms with Gasteiger partial charge in [-0.15, -0.1) is 5.92 Å². The lowest BCUT2D eigenvalue weighted by Crippen LogP contribution is -1.99. The van der Waals surface area contributed by atoms with E-state index in [-0.39, 0.29) is 11.2 Å². The Bertz CT molecular complexity index is 501. The van der Waals surface area contributed by atoms with Crippen LogP contribution in [0.3, 0.4) is 0 Å². The molecule has 0 aliphatic rings. The van der Waals surface area contributed by atoms with Crippen LogP contribution in [0.25, 0.3) is 6.08 Å². The van der Waals surface area contributed by atoms with Gasteiger partial charge in [0.05, 0.1) is 0 Å². The monoisotopic (exact) mass is 254 g/mol. The van der Waals surface area contributed by atoms with Crippen molar-refractivity contribution in [3.05, 3.63) is 41.5 Å². The van der Waals surface area contributed by atoms with E-state index in [0.29, 0.717) is 12.8 Å². The summed E-state index contributed by atoms with van der Waals surface area (Å²) in [5.74, 6) is 6.32. The minimum Gasteiger partial charge on any atom is -0.295 e. The molecule has 0 amide bonds. The van der Waals surface area contributed by atoms with E-state index in [1.807, 2.05) is 37.3 Å². The van der Waals surface area contributed by atoms with Gasteiger partial charge in [0, 0.05) is 18.3 Å². The third-order valence-electron chi connectivity index (χ3n) is 2.50. The first-order valence-corrected chi connectivity index (χ1v) is 6.64. The van der Waals surface area contributed by atoms with Crippen molar-refractivity contribution in [2.45, 2.75) is 40.5 Å². The Morgan fingerprint density at radius 3 is 2.42 bits per heavy atom.